The van der Waals surface area contributed by atoms with Crippen molar-refractivity contribution in [1.82, 2.24) is 4.90 Å². The zero-order valence-corrected chi connectivity index (χ0v) is 16.4. The molecule has 9 nitrogen and oxygen atoms in total. The van der Waals surface area contributed by atoms with Gasteiger partial charge in [0.05, 0.1) is 18.1 Å². The summed E-state index contributed by atoms with van der Waals surface area (Å²) in [5, 5.41) is 44.3. The Kier molecular flexibility index (Phi) is 4.39. The zero-order valence-electron chi connectivity index (χ0n) is 16.4. The van der Waals surface area contributed by atoms with Gasteiger partial charge in [0.15, 0.2) is 11.4 Å². The van der Waals surface area contributed by atoms with Gasteiger partial charge in [0, 0.05) is 17.1 Å². The van der Waals surface area contributed by atoms with Gasteiger partial charge < -0.3 is 26.2 Å². The number of amides is 1. The van der Waals surface area contributed by atoms with Gasteiger partial charge in [-0.25, -0.2) is 0 Å². The van der Waals surface area contributed by atoms with Crippen molar-refractivity contribution in [3.63, 3.8) is 0 Å². The number of ketones is 2. The average molecular weight is 414 g/mol. The van der Waals surface area contributed by atoms with E-state index >= 15 is 0 Å². The number of hydrogen-bond donors (Lipinski definition) is 5. The van der Waals surface area contributed by atoms with Gasteiger partial charge in [-0.3, -0.25) is 19.3 Å². The molecule has 9 heteroatoms. The first-order valence-corrected chi connectivity index (χ1v) is 9.44. The van der Waals surface area contributed by atoms with E-state index in [4.69, 9.17) is 5.73 Å². The van der Waals surface area contributed by atoms with E-state index in [2.05, 4.69) is 0 Å². The minimum absolute atomic E-state index is 0.191. The number of rotatable bonds is 2. The van der Waals surface area contributed by atoms with Crippen LogP contribution in [-0.4, -0.2) is 74.6 Å². The van der Waals surface area contributed by atoms with Crippen LogP contribution in [0.4, 0.5) is 0 Å². The maximum absolute atomic E-state index is 13.1. The molecule has 3 aliphatic carbocycles. The summed E-state index contributed by atoms with van der Waals surface area (Å²) in [7, 11) is 3.03. The lowest BCUT2D eigenvalue weighted by Gasteiger charge is -2.52. The lowest BCUT2D eigenvalue weighted by atomic mass is 9.57. The summed E-state index contributed by atoms with van der Waals surface area (Å²) in [6.45, 7) is 0. The van der Waals surface area contributed by atoms with Crippen LogP contribution in [-0.2, 0) is 16.0 Å². The van der Waals surface area contributed by atoms with Gasteiger partial charge in [0.2, 0.25) is 5.78 Å². The predicted molar refractivity (Wildman–Crippen MR) is 103 cm³/mol. The molecule has 0 heterocycles. The number of likely N-dealkylation sites (N-methyl/N-ethyl adjacent to an activating group) is 1. The molecule has 0 radical (unpaired) electrons. The standard InChI is InChI=1S/C21H22N2O7/c1-23(2)14-13-16(25)10-7-8-5-3-4-6-9(8)15(24)11(10)18(27)21(13,30)19(28)12(17(14)26)20(22)29/h3-6,10,13-14,16,25-27,30H,7H2,1-2H3,(H2,22,29)/t10-,13-,14+,16+,21+/m1/s1. The molecule has 5 atom stereocenters. The van der Waals surface area contributed by atoms with Crippen LogP contribution in [0.15, 0.2) is 46.9 Å². The molecule has 0 unspecified atom stereocenters. The molecule has 0 fully saturated rings. The minimum Gasteiger partial charge on any atom is -0.510 e. The summed E-state index contributed by atoms with van der Waals surface area (Å²) in [5.74, 6) is -7.18. The van der Waals surface area contributed by atoms with Gasteiger partial charge in [-0.2, -0.15) is 0 Å². The van der Waals surface area contributed by atoms with Gasteiger partial charge in [0.1, 0.15) is 17.1 Å². The van der Waals surface area contributed by atoms with Gasteiger partial charge in [-0.15, -0.1) is 0 Å². The number of fused-ring (bicyclic) bond motifs is 3. The van der Waals surface area contributed by atoms with Crippen molar-refractivity contribution in [3.05, 3.63) is 58.1 Å². The molecule has 6 N–H and O–H groups in total. The molecule has 158 valence electrons. The number of carbonyl (C=O) groups is 3. The van der Waals surface area contributed by atoms with Crippen LogP contribution in [0.5, 0.6) is 0 Å². The van der Waals surface area contributed by atoms with Gasteiger partial charge in [-0.1, -0.05) is 24.3 Å². The Labute approximate surface area is 171 Å². The molecular formula is C21H22N2O7. The average Bonchev–Trinajstić information content (AvgIpc) is 2.68. The predicted octanol–water partition coefficient (Wildman–Crippen LogP) is -0.614. The Morgan fingerprint density at radius 3 is 2.43 bits per heavy atom. The van der Waals surface area contributed by atoms with Crippen molar-refractivity contribution < 1.29 is 34.8 Å². The first kappa shape index (κ1) is 20.3. The van der Waals surface area contributed by atoms with Crippen molar-refractivity contribution >= 4 is 17.5 Å². The molecule has 0 aliphatic heterocycles. The highest BCUT2D eigenvalue weighted by Crippen LogP contribution is 2.51. The largest absolute Gasteiger partial charge is 0.510 e. The molecular weight excluding hydrogens is 392 g/mol. The Morgan fingerprint density at radius 2 is 1.83 bits per heavy atom. The Morgan fingerprint density at radius 1 is 1.20 bits per heavy atom. The minimum atomic E-state index is -2.79. The summed E-state index contributed by atoms with van der Waals surface area (Å²) in [6, 6.07) is 5.47. The van der Waals surface area contributed by atoms with Crippen LogP contribution in [0.2, 0.25) is 0 Å². The summed E-state index contributed by atoms with van der Waals surface area (Å²) < 4.78 is 0. The summed E-state index contributed by atoms with van der Waals surface area (Å²) in [6.07, 6.45) is -1.29. The van der Waals surface area contributed by atoms with Gasteiger partial charge in [0.25, 0.3) is 5.91 Å². The van der Waals surface area contributed by atoms with Crippen molar-refractivity contribution in [2.75, 3.05) is 14.1 Å². The van der Waals surface area contributed by atoms with Crippen LogP contribution in [0.25, 0.3) is 0 Å². The van der Waals surface area contributed by atoms with Crippen LogP contribution in [0.3, 0.4) is 0 Å². The molecule has 4 rings (SSSR count). The van der Waals surface area contributed by atoms with Crippen molar-refractivity contribution in [1.29, 1.82) is 0 Å². The summed E-state index contributed by atoms with van der Waals surface area (Å²) in [5.41, 5.74) is 2.29. The third kappa shape index (κ3) is 2.36. The molecule has 0 saturated heterocycles. The fourth-order valence-electron chi connectivity index (χ4n) is 5.11. The second-order valence-electron chi connectivity index (χ2n) is 8.20. The Balaban J connectivity index is 2.01. The number of benzene rings is 1. The van der Waals surface area contributed by atoms with Gasteiger partial charge >= 0.3 is 0 Å². The highest BCUT2D eigenvalue weighted by atomic mass is 16.4. The fraction of sp³-hybridized carbons (Fsp3) is 0.381. The normalized spacial score (nSPS) is 33.4. The van der Waals surface area contributed by atoms with Crippen LogP contribution >= 0.6 is 0 Å². The van der Waals surface area contributed by atoms with E-state index in [0.717, 1.165) is 0 Å². The maximum atomic E-state index is 13.1. The fourth-order valence-corrected chi connectivity index (χ4v) is 5.11. The third-order valence-corrected chi connectivity index (χ3v) is 6.45. The number of primary amides is 1. The quantitative estimate of drug-likeness (QED) is 0.400. The number of aliphatic hydroxyl groups is 4. The summed E-state index contributed by atoms with van der Waals surface area (Å²) >= 11 is 0. The van der Waals surface area contributed by atoms with E-state index in [0.29, 0.717) is 11.1 Å². The summed E-state index contributed by atoms with van der Waals surface area (Å²) in [4.78, 5) is 39.5. The van der Waals surface area contributed by atoms with E-state index in [1.165, 1.54) is 19.0 Å². The van der Waals surface area contributed by atoms with Crippen molar-refractivity contribution in [2.45, 2.75) is 24.2 Å². The molecule has 0 aromatic heterocycles. The van der Waals surface area contributed by atoms with E-state index < -0.39 is 64.1 Å². The first-order chi connectivity index (χ1) is 14.0. The topological polar surface area (TPSA) is 161 Å². The van der Waals surface area contributed by atoms with Gasteiger partial charge in [-0.05, 0) is 26.1 Å². The molecule has 0 bridgehead atoms. The van der Waals surface area contributed by atoms with E-state index in [-0.39, 0.29) is 12.0 Å². The second-order valence-corrected chi connectivity index (χ2v) is 8.20. The van der Waals surface area contributed by atoms with Crippen LogP contribution in [0, 0.1) is 11.8 Å². The molecule has 0 saturated carbocycles. The highest BCUT2D eigenvalue weighted by molar-refractivity contribution is 6.24. The number of Topliss-reactive ketones (excluding diaryl/α,β-unsaturated/α-hetero) is 2. The maximum Gasteiger partial charge on any atom is 0.255 e. The molecule has 1 aromatic carbocycles. The molecule has 0 spiro atoms. The third-order valence-electron chi connectivity index (χ3n) is 6.45. The lowest BCUT2D eigenvalue weighted by Crippen LogP contribution is -2.68. The number of nitrogens with two attached hydrogens (primary N) is 1. The monoisotopic (exact) mass is 414 g/mol. The SMILES string of the molecule is CN(C)[C@@H]1C(O)=C(C(N)=O)C(=O)[C@@]2(O)C(O)=C3C(=O)c4ccccc4C[C@H]3[C@H](O)[C@@H]12. The van der Waals surface area contributed by atoms with Crippen molar-refractivity contribution in [3.8, 4) is 0 Å². The van der Waals surface area contributed by atoms with Crippen LogP contribution < -0.4 is 5.73 Å². The zero-order chi connectivity index (χ0) is 22.1. The van der Waals surface area contributed by atoms with Crippen molar-refractivity contribution in [2.24, 2.45) is 17.6 Å². The van der Waals surface area contributed by atoms with E-state index in [1.54, 1.807) is 24.3 Å². The van der Waals surface area contributed by atoms with E-state index in [1.807, 2.05) is 0 Å². The number of nitrogens with zero attached hydrogens (tertiary/aromatic N) is 1. The molecule has 30 heavy (non-hydrogen) atoms. The lowest BCUT2D eigenvalue weighted by molar-refractivity contribution is -0.161. The highest BCUT2D eigenvalue weighted by Gasteiger charge is 2.66. The number of carbonyl (C=O) groups excluding carboxylic acids is 3. The van der Waals surface area contributed by atoms with E-state index in [9.17, 15) is 34.8 Å². The Bertz CT molecular complexity index is 1060. The second kappa shape index (κ2) is 6.49. The number of aliphatic hydroxyl groups excluding tert-OH is 3. The number of hydrogen-bond acceptors (Lipinski definition) is 8. The smallest absolute Gasteiger partial charge is 0.255 e. The molecule has 1 aromatic rings. The first-order valence-electron chi connectivity index (χ1n) is 9.44. The van der Waals surface area contributed by atoms with Crippen LogP contribution in [0.1, 0.15) is 15.9 Å². The molecule has 3 aliphatic rings. The molecule has 1 amide bonds. The Hall–Kier alpha value is -3.01.